The number of hydrogen-bond donors (Lipinski definition) is 6. The molecule has 2 aromatic heterocycles. The van der Waals surface area contributed by atoms with Gasteiger partial charge in [0.15, 0.2) is 0 Å². The van der Waals surface area contributed by atoms with E-state index < -0.39 is 35.6 Å². The maximum atomic E-state index is 14.1. The number of ether oxygens (including phenoxy) is 3. The van der Waals surface area contributed by atoms with Crippen LogP contribution < -0.4 is 26.0 Å². The second-order valence-electron chi connectivity index (χ2n) is 16.5. The molecule has 4 amide bonds. The van der Waals surface area contributed by atoms with Crippen molar-refractivity contribution >= 4 is 58.1 Å². The Morgan fingerprint density at radius 1 is 1.05 bits per heavy atom. The molecule has 1 aliphatic carbocycles. The number of benzene rings is 1. The summed E-state index contributed by atoms with van der Waals surface area (Å²) in [5.41, 5.74) is 1.20. The van der Waals surface area contributed by atoms with Crippen molar-refractivity contribution in [3.63, 3.8) is 0 Å². The topological polar surface area (TPSA) is 209 Å². The standard InChI is InChI=1S/C43H52ClF3N8O8/c1-24-17-33(55(22-24)39(58)36(54-41(60)61-4)27-11-15-62-16-12-27)37-51-21-32(52-37)26-7-5-25(6-8-26)29-18-30(44)31(19-34(29)63-43(45,46)47)53-38(57)28-9-10-35(50-20-28)48-13-14-49-40(59)42(2,3)23-56/h5,7,9-10,18-21,24,27,33,36,56H,6,8,11-17,22-23H2,1-4H3,(H,48,50)(H,49,59)(H,51,52)(H,53,57)(H,54,60). The highest BCUT2D eigenvalue weighted by atomic mass is 35.5. The summed E-state index contributed by atoms with van der Waals surface area (Å²) < 4.78 is 56.0. The van der Waals surface area contributed by atoms with Gasteiger partial charge in [0.1, 0.15) is 23.4 Å². The summed E-state index contributed by atoms with van der Waals surface area (Å²) in [5.74, 6) is -0.728. The number of carbonyl (C=O) groups excluding carboxylic acids is 4. The minimum atomic E-state index is -5.05. The van der Waals surface area contributed by atoms with E-state index in [-0.39, 0.29) is 64.7 Å². The number of aromatic nitrogens is 3. The number of amides is 4. The third-order valence-electron chi connectivity index (χ3n) is 11.3. The molecule has 0 spiro atoms. The third kappa shape index (κ3) is 11.9. The summed E-state index contributed by atoms with van der Waals surface area (Å²) >= 11 is 6.57. The molecule has 3 aliphatic rings. The fraction of sp³-hybridized carbons (Fsp3) is 0.488. The third-order valence-corrected chi connectivity index (χ3v) is 11.6. The number of pyridine rings is 1. The number of nitrogens with one attached hydrogen (secondary N) is 5. The first kappa shape index (κ1) is 46.8. The van der Waals surface area contributed by atoms with Gasteiger partial charge in [-0.3, -0.25) is 14.4 Å². The number of nitrogens with zero attached hydrogens (tertiary/aromatic N) is 3. The molecule has 0 radical (unpaired) electrons. The Balaban J connectivity index is 1.14. The molecule has 4 heterocycles. The summed E-state index contributed by atoms with van der Waals surface area (Å²) in [6.45, 7) is 7.00. The van der Waals surface area contributed by atoms with Gasteiger partial charge in [0.05, 0.1) is 53.3 Å². The van der Waals surface area contributed by atoms with Crippen molar-refractivity contribution in [1.82, 2.24) is 30.5 Å². The maximum Gasteiger partial charge on any atom is 0.573 e. The molecule has 2 fully saturated rings. The van der Waals surface area contributed by atoms with Crippen molar-refractivity contribution in [2.45, 2.75) is 71.3 Å². The fourth-order valence-corrected chi connectivity index (χ4v) is 7.92. The van der Waals surface area contributed by atoms with Crippen LogP contribution in [0.3, 0.4) is 0 Å². The summed E-state index contributed by atoms with van der Waals surface area (Å²) in [5, 5.41) is 20.3. The number of halogens is 4. The van der Waals surface area contributed by atoms with E-state index in [1.807, 2.05) is 6.92 Å². The molecule has 16 nitrogen and oxygen atoms in total. The van der Waals surface area contributed by atoms with Crippen molar-refractivity contribution in [2.24, 2.45) is 17.3 Å². The van der Waals surface area contributed by atoms with Crippen molar-refractivity contribution < 1.29 is 51.7 Å². The molecule has 63 heavy (non-hydrogen) atoms. The zero-order chi connectivity index (χ0) is 45.5. The molecule has 3 atom stereocenters. The molecule has 2 saturated heterocycles. The lowest BCUT2D eigenvalue weighted by Crippen LogP contribution is -2.53. The summed E-state index contributed by atoms with van der Waals surface area (Å²) in [7, 11) is 1.25. The average molecular weight is 901 g/mol. The molecule has 3 unspecified atom stereocenters. The van der Waals surface area contributed by atoms with Gasteiger partial charge in [0, 0.05) is 50.7 Å². The van der Waals surface area contributed by atoms with Crippen LogP contribution in [0.25, 0.3) is 11.1 Å². The van der Waals surface area contributed by atoms with Gasteiger partial charge in [0.25, 0.3) is 5.91 Å². The Bertz CT molecular complexity index is 2210. The van der Waals surface area contributed by atoms with E-state index in [0.717, 1.165) is 11.6 Å². The zero-order valence-corrected chi connectivity index (χ0v) is 36.1. The van der Waals surface area contributed by atoms with Gasteiger partial charge in [-0.1, -0.05) is 30.7 Å². The fourth-order valence-electron chi connectivity index (χ4n) is 7.71. The van der Waals surface area contributed by atoms with E-state index in [1.165, 1.54) is 31.5 Å². The number of H-pyrrole nitrogens is 1. The van der Waals surface area contributed by atoms with Crippen LogP contribution in [0.2, 0.25) is 5.02 Å². The Morgan fingerprint density at radius 2 is 1.78 bits per heavy atom. The second-order valence-corrected chi connectivity index (χ2v) is 16.9. The van der Waals surface area contributed by atoms with E-state index >= 15 is 0 Å². The second kappa shape index (κ2) is 20.2. The van der Waals surface area contributed by atoms with Gasteiger partial charge < -0.3 is 50.5 Å². The number of imidazole rings is 1. The number of allylic oxidation sites excluding steroid dienone is 4. The molecule has 20 heteroatoms. The van der Waals surface area contributed by atoms with E-state index in [4.69, 9.17) is 21.1 Å². The summed E-state index contributed by atoms with van der Waals surface area (Å²) in [6, 6.07) is 4.17. The van der Waals surface area contributed by atoms with Gasteiger partial charge in [-0.2, -0.15) is 0 Å². The predicted molar refractivity (Wildman–Crippen MR) is 228 cm³/mol. The van der Waals surface area contributed by atoms with Crippen LogP contribution in [0.15, 0.2) is 48.8 Å². The monoisotopic (exact) mass is 900 g/mol. The molecule has 6 N–H and O–H groups in total. The van der Waals surface area contributed by atoms with Crippen LogP contribution >= 0.6 is 11.6 Å². The lowest BCUT2D eigenvalue weighted by molar-refractivity contribution is -0.274. The largest absolute Gasteiger partial charge is 0.573 e. The van der Waals surface area contributed by atoms with Crippen molar-refractivity contribution in [1.29, 1.82) is 0 Å². The molecular formula is C43H52ClF3N8O8. The van der Waals surface area contributed by atoms with E-state index in [2.05, 4.69) is 41.0 Å². The first-order chi connectivity index (χ1) is 30.0. The Hall–Kier alpha value is -5.66. The summed E-state index contributed by atoms with van der Waals surface area (Å²) in [4.78, 5) is 65.7. The van der Waals surface area contributed by atoms with E-state index in [1.54, 1.807) is 37.1 Å². The normalized spacial score (nSPS) is 18.8. The minimum Gasteiger partial charge on any atom is -0.453 e. The highest BCUT2D eigenvalue weighted by Gasteiger charge is 2.42. The molecule has 3 aromatic rings. The van der Waals surface area contributed by atoms with Crippen molar-refractivity contribution in [3.05, 3.63) is 76.5 Å². The molecule has 6 rings (SSSR count). The Morgan fingerprint density at radius 3 is 2.43 bits per heavy atom. The SMILES string of the molecule is COC(=O)NC(C(=O)N1CC(C)CC1c1ncc(C2=CC=C(c3cc(Cl)c(NC(=O)c4ccc(NCCNC(=O)C(C)(C)CO)nc4)cc3OC(F)(F)F)CC2)[nH]1)C1CCOCC1. The predicted octanol–water partition coefficient (Wildman–Crippen LogP) is 6.48. The number of rotatable bonds is 15. The number of alkyl halides is 3. The lowest BCUT2D eigenvalue weighted by Gasteiger charge is -2.34. The number of aromatic amines is 1. The number of hydrogen-bond acceptors (Lipinski definition) is 11. The number of aliphatic hydroxyl groups excluding tert-OH is 1. The number of likely N-dealkylation sites (tertiary alicyclic amines) is 1. The van der Waals surface area contributed by atoms with Crippen LogP contribution in [0, 0.1) is 17.3 Å². The zero-order valence-electron chi connectivity index (χ0n) is 35.4. The van der Waals surface area contributed by atoms with Gasteiger partial charge in [-0.05, 0) is 87.1 Å². The number of carbonyl (C=O) groups is 4. The number of methoxy groups -OCH3 is 1. The van der Waals surface area contributed by atoms with Crippen molar-refractivity contribution in [3.8, 4) is 5.75 Å². The molecule has 2 aliphatic heterocycles. The number of aliphatic hydroxyl groups is 1. The van der Waals surface area contributed by atoms with Gasteiger partial charge in [-0.15, -0.1) is 13.2 Å². The van der Waals surface area contributed by atoms with Gasteiger partial charge in [-0.25, -0.2) is 14.8 Å². The van der Waals surface area contributed by atoms with Crippen LogP contribution in [0.5, 0.6) is 5.75 Å². The van der Waals surface area contributed by atoms with Crippen molar-refractivity contribution in [2.75, 3.05) is 57.2 Å². The molecular weight excluding hydrogens is 849 g/mol. The number of anilines is 2. The molecule has 340 valence electrons. The van der Waals surface area contributed by atoms with Crippen LogP contribution in [-0.4, -0.2) is 108 Å². The maximum absolute atomic E-state index is 14.1. The Labute approximate surface area is 367 Å². The van der Waals surface area contributed by atoms with Gasteiger partial charge >= 0.3 is 12.5 Å². The van der Waals surface area contributed by atoms with E-state index in [0.29, 0.717) is 81.3 Å². The van der Waals surface area contributed by atoms with Gasteiger partial charge in [0.2, 0.25) is 11.8 Å². The Kier molecular flexibility index (Phi) is 15.0. The molecule has 0 saturated carbocycles. The van der Waals surface area contributed by atoms with Crippen LogP contribution in [0.4, 0.5) is 29.5 Å². The first-order valence-corrected chi connectivity index (χ1v) is 21.0. The highest BCUT2D eigenvalue weighted by molar-refractivity contribution is 6.34. The van der Waals surface area contributed by atoms with E-state index in [9.17, 15) is 37.5 Å². The highest BCUT2D eigenvalue weighted by Crippen LogP contribution is 2.42. The molecule has 0 bridgehead atoms. The van der Waals surface area contributed by atoms with Crippen LogP contribution in [-0.2, 0) is 19.1 Å². The number of alkyl carbamates (subject to hydrolysis) is 1. The smallest absolute Gasteiger partial charge is 0.453 e. The summed E-state index contributed by atoms with van der Waals surface area (Å²) in [6.07, 6.45) is 3.28. The lowest BCUT2D eigenvalue weighted by atomic mass is 9.90. The van der Waals surface area contributed by atoms with Crippen LogP contribution in [0.1, 0.15) is 86.4 Å². The average Bonchev–Trinajstić information content (AvgIpc) is 3.92. The molecule has 1 aromatic carbocycles. The quantitative estimate of drug-likeness (QED) is 0.0911. The first-order valence-electron chi connectivity index (χ1n) is 20.6. The minimum absolute atomic E-state index is 0.0230.